The minimum atomic E-state index is 0.725. The van der Waals surface area contributed by atoms with Gasteiger partial charge in [-0.15, -0.1) is 0 Å². The van der Waals surface area contributed by atoms with Crippen LogP contribution in [-0.2, 0) is 0 Å². The van der Waals surface area contributed by atoms with Gasteiger partial charge in [0, 0.05) is 32.9 Å². The van der Waals surface area contributed by atoms with Gasteiger partial charge >= 0.3 is 0 Å². The van der Waals surface area contributed by atoms with Crippen LogP contribution in [0.5, 0.6) is 0 Å². The van der Waals surface area contributed by atoms with E-state index in [-0.39, 0.29) is 0 Å². The first-order chi connectivity index (χ1) is 16.3. The Kier molecular flexibility index (Phi) is 4.86. The second-order valence-corrected chi connectivity index (χ2v) is 8.44. The van der Waals surface area contributed by atoms with Crippen LogP contribution >= 0.6 is 11.6 Å². The highest BCUT2D eigenvalue weighted by atomic mass is 35.5. The van der Waals surface area contributed by atoms with E-state index >= 15 is 0 Å². The molecule has 0 atom stereocenters. The molecule has 0 saturated carbocycles. The highest BCUT2D eigenvalue weighted by Crippen LogP contribution is 2.37. The number of nitrogens with zero attached hydrogens (tertiary/aromatic N) is 1. The molecule has 6 rings (SSSR count). The van der Waals surface area contributed by atoms with Crippen molar-refractivity contribution >= 4 is 50.6 Å². The van der Waals surface area contributed by atoms with Crippen LogP contribution in [-0.4, -0.2) is 0 Å². The summed E-state index contributed by atoms with van der Waals surface area (Å²) in [7, 11) is 0. The molecule has 1 heterocycles. The number of halogens is 1. The third-order valence-corrected chi connectivity index (χ3v) is 6.19. The van der Waals surface area contributed by atoms with Crippen LogP contribution < -0.4 is 4.90 Å². The molecule has 33 heavy (non-hydrogen) atoms. The van der Waals surface area contributed by atoms with E-state index in [9.17, 15) is 0 Å². The fourth-order valence-electron chi connectivity index (χ4n) is 4.32. The second-order valence-electron chi connectivity index (χ2n) is 8.00. The third-order valence-electron chi connectivity index (χ3n) is 5.94. The van der Waals surface area contributed by atoms with Gasteiger partial charge in [0.2, 0.25) is 0 Å². The van der Waals surface area contributed by atoms with E-state index in [4.69, 9.17) is 16.0 Å². The maximum absolute atomic E-state index is 6.14. The van der Waals surface area contributed by atoms with Gasteiger partial charge in [-0.2, -0.15) is 0 Å². The molecule has 1 aromatic heterocycles. The Morgan fingerprint density at radius 2 is 1.06 bits per heavy atom. The number of para-hydroxylation sites is 2. The standard InChI is InChI=1S/C30H20ClNO/c31-23-13-17-26(18-14-23)32(24-6-2-1-3-7-24)25-15-10-21(11-16-25)22-12-19-28-27-8-4-5-9-29(27)33-30(28)20-22/h1-20H. The van der Waals surface area contributed by atoms with E-state index < -0.39 is 0 Å². The molecule has 5 aromatic carbocycles. The molecule has 0 saturated heterocycles. The van der Waals surface area contributed by atoms with Crippen molar-refractivity contribution in [3.63, 3.8) is 0 Å². The summed E-state index contributed by atoms with van der Waals surface area (Å²) < 4.78 is 6.08. The van der Waals surface area contributed by atoms with Crippen LogP contribution in [0.4, 0.5) is 17.1 Å². The number of benzene rings is 5. The van der Waals surface area contributed by atoms with Crippen molar-refractivity contribution in [2.45, 2.75) is 0 Å². The number of anilines is 3. The lowest BCUT2D eigenvalue weighted by Gasteiger charge is -2.25. The fraction of sp³-hybridized carbons (Fsp3) is 0. The lowest BCUT2D eigenvalue weighted by atomic mass is 10.0. The molecule has 0 bridgehead atoms. The van der Waals surface area contributed by atoms with Gasteiger partial charge in [-0.1, -0.05) is 66.2 Å². The van der Waals surface area contributed by atoms with Crippen molar-refractivity contribution in [3.8, 4) is 11.1 Å². The molecule has 0 amide bonds. The number of fused-ring (bicyclic) bond motifs is 3. The third kappa shape index (κ3) is 3.65. The second kappa shape index (κ2) is 8.16. The molecule has 2 nitrogen and oxygen atoms in total. The Bertz CT molecular complexity index is 1550. The Labute approximate surface area is 197 Å². The summed E-state index contributed by atoms with van der Waals surface area (Å²) in [6.45, 7) is 0. The maximum Gasteiger partial charge on any atom is 0.136 e. The summed E-state index contributed by atoms with van der Waals surface area (Å²) in [6.07, 6.45) is 0. The topological polar surface area (TPSA) is 16.4 Å². The smallest absolute Gasteiger partial charge is 0.136 e. The van der Waals surface area contributed by atoms with Gasteiger partial charge < -0.3 is 9.32 Å². The molecule has 0 unspecified atom stereocenters. The van der Waals surface area contributed by atoms with E-state index in [0.29, 0.717) is 0 Å². The van der Waals surface area contributed by atoms with Crippen molar-refractivity contribution in [3.05, 3.63) is 126 Å². The van der Waals surface area contributed by atoms with Crippen LogP contribution in [0.25, 0.3) is 33.1 Å². The highest BCUT2D eigenvalue weighted by molar-refractivity contribution is 6.30. The summed E-state index contributed by atoms with van der Waals surface area (Å²) in [5.41, 5.74) is 7.33. The average Bonchev–Trinajstić information content (AvgIpc) is 3.24. The Morgan fingerprint density at radius 3 is 1.82 bits per heavy atom. The lowest BCUT2D eigenvalue weighted by Crippen LogP contribution is -2.09. The van der Waals surface area contributed by atoms with E-state index in [2.05, 4.69) is 77.7 Å². The molecule has 3 heteroatoms. The largest absolute Gasteiger partial charge is 0.456 e. The molecular weight excluding hydrogens is 426 g/mol. The van der Waals surface area contributed by atoms with Gasteiger partial charge in [0.1, 0.15) is 11.2 Å². The van der Waals surface area contributed by atoms with Crippen molar-refractivity contribution in [2.75, 3.05) is 4.90 Å². The van der Waals surface area contributed by atoms with Gasteiger partial charge in [-0.05, 0) is 77.9 Å². The summed E-state index contributed by atoms with van der Waals surface area (Å²) in [5, 5.41) is 3.02. The van der Waals surface area contributed by atoms with E-state index in [0.717, 1.165) is 55.2 Å². The van der Waals surface area contributed by atoms with Gasteiger partial charge in [0.15, 0.2) is 0 Å². The van der Waals surface area contributed by atoms with Crippen LogP contribution in [0.2, 0.25) is 5.02 Å². The predicted octanol–water partition coefficient (Wildman–Crippen LogP) is 9.38. The summed E-state index contributed by atoms with van der Waals surface area (Å²) in [4.78, 5) is 2.22. The molecule has 0 radical (unpaired) electrons. The number of rotatable bonds is 4. The van der Waals surface area contributed by atoms with E-state index in [1.54, 1.807) is 0 Å². The SMILES string of the molecule is Clc1ccc(N(c2ccccc2)c2ccc(-c3ccc4c(c3)oc3ccccc34)cc2)cc1. The first kappa shape index (κ1) is 19.7. The van der Waals surface area contributed by atoms with Crippen molar-refractivity contribution in [1.82, 2.24) is 0 Å². The lowest BCUT2D eigenvalue weighted by molar-refractivity contribution is 0.669. The van der Waals surface area contributed by atoms with Crippen LogP contribution in [0.3, 0.4) is 0 Å². The minimum Gasteiger partial charge on any atom is -0.456 e. The van der Waals surface area contributed by atoms with Crippen LogP contribution in [0.1, 0.15) is 0 Å². The van der Waals surface area contributed by atoms with Crippen molar-refractivity contribution < 1.29 is 4.42 Å². The quantitative estimate of drug-likeness (QED) is 0.268. The molecule has 6 aromatic rings. The predicted molar refractivity (Wildman–Crippen MR) is 139 cm³/mol. The number of hydrogen-bond donors (Lipinski definition) is 0. The van der Waals surface area contributed by atoms with Gasteiger partial charge in [0.05, 0.1) is 0 Å². The van der Waals surface area contributed by atoms with Gasteiger partial charge in [0.25, 0.3) is 0 Å². The van der Waals surface area contributed by atoms with Crippen molar-refractivity contribution in [1.29, 1.82) is 0 Å². The summed E-state index contributed by atoms with van der Waals surface area (Å²) >= 11 is 6.14. The zero-order valence-corrected chi connectivity index (χ0v) is 18.5. The Morgan fingerprint density at radius 1 is 0.485 bits per heavy atom. The normalized spacial score (nSPS) is 11.2. The molecule has 0 fully saturated rings. The molecule has 158 valence electrons. The monoisotopic (exact) mass is 445 g/mol. The molecule has 0 aliphatic carbocycles. The molecule has 0 spiro atoms. The van der Waals surface area contributed by atoms with Gasteiger partial charge in [-0.25, -0.2) is 0 Å². The number of hydrogen-bond acceptors (Lipinski definition) is 2. The average molecular weight is 446 g/mol. The molecule has 0 aliphatic rings. The van der Waals surface area contributed by atoms with E-state index in [1.165, 1.54) is 0 Å². The zero-order chi connectivity index (χ0) is 22.2. The molecular formula is C30H20ClNO. The number of furan rings is 1. The summed E-state index contributed by atoms with van der Waals surface area (Å²) in [5.74, 6) is 0. The molecule has 0 N–H and O–H groups in total. The maximum atomic E-state index is 6.14. The van der Waals surface area contributed by atoms with Crippen LogP contribution in [0.15, 0.2) is 126 Å². The fourth-order valence-corrected chi connectivity index (χ4v) is 4.45. The van der Waals surface area contributed by atoms with E-state index in [1.807, 2.05) is 48.5 Å². The van der Waals surface area contributed by atoms with Gasteiger partial charge in [-0.3, -0.25) is 0 Å². The van der Waals surface area contributed by atoms with Crippen LogP contribution in [0, 0.1) is 0 Å². The Hall–Kier alpha value is -4.01. The first-order valence-corrected chi connectivity index (χ1v) is 11.3. The molecule has 0 aliphatic heterocycles. The minimum absolute atomic E-state index is 0.725. The Balaban J connectivity index is 1.39. The highest BCUT2D eigenvalue weighted by Gasteiger charge is 2.13. The first-order valence-electron chi connectivity index (χ1n) is 10.9. The summed E-state index contributed by atoms with van der Waals surface area (Å²) in [6, 6.07) is 41.5. The zero-order valence-electron chi connectivity index (χ0n) is 17.8. The van der Waals surface area contributed by atoms with Crippen molar-refractivity contribution in [2.24, 2.45) is 0 Å².